The third kappa shape index (κ3) is 2.62. The fourth-order valence-electron chi connectivity index (χ4n) is 2.32. The summed E-state index contributed by atoms with van der Waals surface area (Å²) in [4.78, 5) is 25.4. The van der Waals surface area contributed by atoms with Gasteiger partial charge in [-0.3, -0.25) is 14.9 Å². The van der Waals surface area contributed by atoms with E-state index in [9.17, 15) is 9.59 Å². The van der Waals surface area contributed by atoms with Crippen molar-refractivity contribution in [3.05, 3.63) is 28.8 Å². The summed E-state index contributed by atoms with van der Waals surface area (Å²) in [5, 5.41) is 2.73. The minimum atomic E-state index is -0.445. The summed E-state index contributed by atoms with van der Waals surface area (Å²) in [5.74, 6) is -0.675. The molecule has 20 heavy (non-hydrogen) atoms. The molecule has 1 heterocycles. The minimum absolute atomic E-state index is 0.0696. The maximum Gasteiger partial charge on any atom is 0.249 e. The van der Waals surface area contributed by atoms with Crippen molar-refractivity contribution in [1.29, 1.82) is 0 Å². The van der Waals surface area contributed by atoms with Gasteiger partial charge in [-0.25, -0.2) is 0 Å². The molecule has 0 spiro atoms. The van der Waals surface area contributed by atoms with Crippen molar-refractivity contribution in [3.63, 3.8) is 0 Å². The number of rotatable bonds is 3. The highest BCUT2D eigenvalue weighted by Crippen LogP contribution is 2.30. The van der Waals surface area contributed by atoms with Gasteiger partial charge in [0.2, 0.25) is 11.8 Å². The molecule has 0 radical (unpaired) electrons. The molecule has 0 aliphatic carbocycles. The largest absolute Gasteiger partial charge is 0.389 e. The molecule has 1 aromatic carbocycles. The van der Waals surface area contributed by atoms with Crippen molar-refractivity contribution >= 4 is 46.3 Å². The number of thiocarbonyl (C=S) groups is 1. The molecule has 2 amide bonds. The predicted molar refractivity (Wildman–Crippen MR) is 81.9 cm³/mol. The van der Waals surface area contributed by atoms with Gasteiger partial charge in [0, 0.05) is 5.69 Å². The van der Waals surface area contributed by atoms with E-state index in [1.807, 2.05) is 6.92 Å². The Morgan fingerprint density at radius 1 is 1.55 bits per heavy atom. The van der Waals surface area contributed by atoms with Crippen molar-refractivity contribution in [1.82, 2.24) is 5.32 Å². The minimum Gasteiger partial charge on any atom is -0.389 e. The molecule has 106 valence electrons. The van der Waals surface area contributed by atoms with Gasteiger partial charge >= 0.3 is 0 Å². The number of anilines is 1. The van der Waals surface area contributed by atoms with E-state index in [1.54, 1.807) is 23.1 Å². The second-order valence-electron chi connectivity index (χ2n) is 4.46. The lowest BCUT2D eigenvalue weighted by Crippen LogP contribution is -2.58. The van der Waals surface area contributed by atoms with Crippen LogP contribution in [0, 0.1) is 0 Å². The van der Waals surface area contributed by atoms with Crippen molar-refractivity contribution < 1.29 is 9.59 Å². The molecule has 1 fully saturated rings. The molecule has 1 unspecified atom stereocenters. The highest BCUT2D eigenvalue weighted by Gasteiger charge is 2.34. The van der Waals surface area contributed by atoms with Crippen LogP contribution in [0.2, 0.25) is 5.02 Å². The Labute approximate surface area is 127 Å². The van der Waals surface area contributed by atoms with E-state index in [4.69, 9.17) is 29.6 Å². The zero-order chi connectivity index (χ0) is 14.9. The molecular formula is C13H14ClN3O2S. The third-order valence-corrected chi connectivity index (χ3v) is 3.71. The maximum atomic E-state index is 11.9. The van der Waals surface area contributed by atoms with Crippen molar-refractivity contribution in [3.8, 4) is 0 Å². The molecule has 7 heteroatoms. The average Bonchev–Trinajstić information content (AvgIpc) is 2.37. The normalized spacial score (nSPS) is 18.9. The van der Waals surface area contributed by atoms with Crippen LogP contribution in [-0.4, -0.2) is 29.4 Å². The summed E-state index contributed by atoms with van der Waals surface area (Å²) in [5.41, 5.74) is 6.82. The summed E-state index contributed by atoms with van der Waals surface area (Å²) >= 11 is 11.1. The van der Waals surface area contributed by atoms with Crippen LogP contribution in [0.3, 0.4) is 0 Å². The number of hydrogen-bond acceptors (Lipinski definition) is 4. The number of amides is 2. The topological polar surface area (TPSA) is 75.4 Å². The number of imide groups is 1. The highest BCUT2D eigenvalue weighted by molar-refractivity contribution is 7.80. The van der Waals surface area contributed by atoms with Crippen LogP contribution in [0.25, 0.3) is 0 Å². The zero-order valence-electron chi connectivity index (χ0n) is 10.9. The monoisotopic (exact) mass is 311 g/mol. The molecule has 1 aromatic rings. The van der Waals surface area contributed by atoms with Gasteiger partial charge in [-0.05, 0) is 18.6 Å². The third-order valence-electron chi connectivity index (χ3n) is 3.19. The highest BCUT2D eigenvalue weighted by atomic mass is 35.5. The first-order chi connectivity index (χ1) is 9.45. The first-order valence-corrected chi connectivity index (χ1v) is 6.93. The molecule has 1 aliphatic heterocycles. The Bertz CT molecular complexity index is 591. The van der Waals surface area contributed by atoms with Crippen molar-refractivity contribution in [2.75, 3.05) is 11.4 Å². The molecule has 1 aliphatic rings. The predicted octanol–water partition coefficient (Wildman–Crippen LogP) is 1.22. The second-order valence-corrected chi connectivity index (χ2v) is 5.31. The number of piperazine rings is 1. The van der Waals surface area contributed by atoms with Gasteiger partial charge in [-0.1, -0.05) is 36.8 Å². The Kier molecular flexibility index (Phi) is 4.25. The first-order valence-electron chi connectivity index (χ1n) is 6.14. The van der Waals surface area contributed by atoms with Gasteiger partial charge in [0.05, 0.1) is 17.1 Å². The molecule has 1 atom stereocenters. The van der Waals surface area contributed by atoms with Crippen LogP contribution in [-0.2, 0) is 9.59 Å². The Balaban J connectivity index is 2.53. The number of carbonyl (C=O) groups is 2. The Hall–Kier alpha value is -1.66. The SMILES string of the molecule is CCC1C(=O)NC(=O)CN1c1cccc(Cl)c1C(N)=S. The number of nitrogens with two attached hydrogens (primary N) is 1. The number of nitrogens with zero attached hydrogens (tertiary/aromatic N) is 1. The molecule has 5 nitrogen and oxygen atoms in total. The Morgan fingerprint density at radius 2 is 2.25 bits per heavy atom. The van der Waals surface area contributed by atoms with Gasteiger partial charge in [-0.15, -0.1) is 0 Å². The Morgan fingerprint density at radius 3 is 2.85 bits per heavy atom. The zero-order valence-corrected chi connectivity index (χ0v) is 12.4. The lowest BCUT2D eigenvalue weighted by Gasteiger charge is -2.36. The standard InChI is InChI=1S/C13H14ClN3O2S/c1-2-8-13(19)16-10(18)6-17(8)9-5-3-4-7(14)11(9)12(15)20/h3-5,8H,2,6H2,1H3,(H2,15,20)(H,16,18,19). The van der Waals surface area contributed by atoms with E-state index in [2.05, 4.69) is 5.32 Å². The van der Waals surface area contributed by atoms with Crippen molar-refractivity contribution in [2.45, 2.75) is 19.4 Å². The van der Waals surface area contributed by atoms with Gasteiger partial charge in [-0.2, -0.15) is 0 Å². The lowest BCUT2D eigenvalue weighted by atomic mass is 10.0. The van der Waals surface area contributed by atoms with Gasteiger partial charge < -0.3 is 10.6 Å². The molecule has 3 N–H and O–H groups in total. The molecule has 2 rings (SSSR count). The van der Waals surface area contributed by atoms with Crippen LogP contribution in [0.1, 0.15) is 18.9 Å². The van der Waals surface area contributed by atoms with Crippen LogP contribution in [0.5, 0.6) is 0 Å². The van der Waals surface area contributed by atoms with E-state index in [1.165, 1.54) is 0 Å². The summed E-state index contributed by atoms with van der Waals surface area (Å²) < 4.78 is 0. The molecular weight excluding hydrogens is 298 g/mol. The van der Waals surface area contributed by atoms with Gasteiger partial charge in [0.25, 0.3) is 0 Å². The van der Waals surface area contributed by atoms with Crippen LogP contribution >= 0.6 is 23.8 Å². The van der Waals surface area contributed by atoms with Gasteiger partial charge in [0.15, 0.2) is 0 Å². The summed E-state index contributed by atoms with van der Waals surface area (Å²) in [6.07, 6.45) is 0.558. The smallest absolute Gasteiger partial charge is 0.249 e. The summed E-state index contributed by atoms with van der Waals surface area (Å²) in [6, 6.07) is 4.73. The molecule has 1 saturated heterocycles. The van der Waals surface area contributed by atoms with E-state index < -0.39 is 6.04 Å². The lowest BCUT2D eigenvalue weighted by molar-refractivity contribution is -0.132. The fourth-order valence-corrected chi connectivity index (χ4v) is 2.86. The molecule has 0 saturated carbocycles. The first kappa shape index (κ1) is 14.7. The quantitative estimate of drug-likeness (QED) is 0.648. The van der Waals surface area contributed by atoms with Gasteiger partial charge in [0.1, 0.15) is 11.0 Å². The molecule has 0 aromatic heterocycles. The average molecular weight is 312 g/mol. The number of halogens is 1. The number of nitrogens with one attached hydrogen (secondary N) is 1. The van der Waals surface area contributed by atoms with E-state index in [0.717, 1.165) is 0 Å². The van der Waals surface area contributed by atoms with E-state index >= 15 is 0 Å². The summed E-state index contributed by atoms with van der Waals surface area (Å²) in [7, 11) is 0. The van der Waals surface area contributed by atoms with Crippen LogP contribution in [0.15, 0.2) is 18.2 Å². The molecule has 0 bridgehead atoms. The van der Waals surface area contributed by atoms with Crippen molar-refractivity contribution in [2.24, 2.45) is 5.73 Å². The number of benzene rings is 1. The van der Waals surface area contributed by atoms with Crippen LogP contribution in [0.4, 0.5) is 5.69 Å². The second kappa shape index (κ2) is 5.76. The summed E-state index contributed by atoms with van der Waals surface area (Å²) in [6.45, 7) is 1.94. The van der Waals surface area contributed by atoms with E-state index in [0.29, 0.717) is 22.7 Å². The number of carbonyl (C=O) groups excluding carboxylic acids is 2. The number of hydrogen-bond donors (Lipinski definition) is 2. The van der Waals surface area contributed by atoms with Crippen LogP contribution < -0.4 is 16.0 Å². The van der Waals surface area contributed by atoms with E-state index in [-0.39, 0.29) is 23.3 Å². The maximum absolute atomic E-state index is 11.9. The fraction of sp³-hybridized carbons (Fsp3) is 0.308.